The zero-order valence-corrected chi connectivity index (χ0v) is 14.2. The van der Waals surface area contributed by atoms with Crippen LogP contribution in [0.2, 0.25) is 0 Å². The fraction of sp³-hybridized carbons (Fsp3) is 0.526. The van der Waals surface area contributed by atoms with Crippen molar-refractivity contribution in [2.45, 2.75) is 46.5 Å². The van der Waals surface area contributed by atoms with Gasteiger partial charge in [0.05, 0.1) is 0 Å². The molecule has 0 saturated carbocycles. The summed E-state index contributed by atoms with van der Waals surface area (Å²) in [4.78, 5) is 11.8. The Morgan fingerprint density at radius 3 is 2.41 bits per heavy atom. The predicted molar refractivity (Wildman–Crippen MR) is 93.6 cm³/mol. The summed E-state index contributed by atoms with van der Waals surface area (Å²) >= 11 is 0. The highest BCUT2D eigenvalue weighted by Gasteiger charge is 2.19. The van der Waals surface area contributed by atoms with Gasteiger partial charge in [-0.2, -0.15) is 0 Å². The van der Waals surface area contributed by atoms with E-state index in [1.165, 1.54) is 5.56 Å². The summed E-state index contributed by atoms with van der Waals surface area (Å²) in [7, 11) is 0. The van der Waals surface area contributed by atoms with Gasteiger partial charge in [0, 0.05) is 31.6 Å². The molecule has 0 aliphatic heterocycles. The van der Waals surface area contributed by atoms with Gasteiger partial charge in [0.25, 0.3) is 0 Å². The van der Waals surface area contributed by atoms with Crippen LogP contribution in [0.1, 0.15) is 45.6 Å². The average molecular weight is 302 g/mol. The molecule has 1 aromatic rings. The first-order chi connectivity index (χ1) is 10.4. The zero-order chi connectivity index (χ0) is 16.4. The minimum Gasteiger partial charge on any atom is -0.388 e. The molecule has 0 saturated heterocycles. The molecule has 0 radical (unpaired) electrons. The molecule has 0 heterocycles. The maximum Gasteiger partial charge on any atom is 0.220 e. The first-order valence-electron chi connectivity index (χ1n) is 8.15. The van der Waals surface area contributed by atoms with Gasteiger partial charge < -0.3 is 10.6 Å². The lowest BCUT2D eigenvalue weighted by molar-refractivity contribution is -0.123. The van der Waals surface area contributed by atoms with Crippen LogP contribution in [-0.4, -0.2) is 19.0 Å². The van der Waals surface area contributed by atoms with Crippen LogP contribution in [0.3, 0.4) is 0 Å². The molecule has 0 unspecified atom stereocenters. The quantitative estimate of drug-likeness (QED) is 0.648. The number of carbonyl (C=O) groups excluding carboxylic acids is 1. The molecule has 1 rings (SSSR count). The van der Waals surface area contributed by atoms with Crippen molar-refractivity contribution in [1.29, 1.82) is 0 Å². The van der Waals surface area contributed by atoms with E-state index in [0.29, 0.717) is 13.0 Å². The van der Waals surface area contributed by atoms with Crippen LogP contribution >= 0.6 is 0 Å². The van der Waals surface area contributed by atoms with E-state index in [4.69, 9.17) is 0 Å². The molecule has 0 atom stereocenters. The Morgan fingerprint density at radius 1 is 1.14 bits per heavy atom. The molecule has 0 fully saturated rings. The number of hydrogen-bond donors (Lipinski definition) is 2. The molecule has 0 aromatic heterocycles. The first-order valence-corrected chi connectivity index (χ1v) is 8.15. The smallest absolute Gasteiger partial charge is 0.220 e. The van der Waals surface area contributed by atoms with E-state index in [-0.39, 0.29) is 11.3 Å². The molecular weight excluding hydrogens is 272 g/mol. The standard InChI is InChI=1S/C19H30N2O/c1-5-19(3,4)15-18(22)21-13-9-12-20-16(2)14-17-10-7-6-8-11-17/h6-8,10-11,20H,2,5,9,12-15H2,1,3-4H3,(H,21,22). The van der Waals surface area contributed by atoms with Crippen LogP contribution in [0.15, 0.2) is 42.6 Å². The van der Waals surface area contributed by atoms with Gasteiger partial charge in [0.15, 0.2) is 0 Å². The van der Waals surface area contributed by atoms with Crippen molar-refractivity contribution in [3.63, 3.8) is 0 Å². The van der Waals surface area contributed by atoms with Crippen molar-refractivity contribution in [2.75, 3.05) is 13.1 Å². The third-order valence-electron chi connectivity index (χ3n) is 3.91. The molecule has 2 N–H and O–H groups in total. The third kappa shape index (κ3) is 7.87. The second-order valence-corrected chi connectivity index (χ2v) is 6.59. The molecular formula is C19H30N2O. The maximum absolute atomic E-state index is 11.8. The number of nitrogens with one attached hydrogen (secondary N) is 2. The molecule has 3 heteroatoms. The van der Waals surface area contributed by atoms with E-state index in [1.54, 1.807) is 0 Å². The fourth-order valence-electron chi connectivity index (χ4n) is 2.11. The summed E-state index contributed by atoms with van der Waals surface area (Å²) in [6.45, 7) is 12.0. The number of carbonyl (C=O) groups is 1. The van der Waals surface area contributed by atoms with E-state index in [2.05, 4.69) is 50.1 Å². The van der Waals surface area contributed by atoms with Crippen LogP contribution in [0.25, 0.3) is 0 Å². The summed E-state index contributed by atoms with van der Waals surface area (Å²) in [5.41, 5.74) is 2.37. The van der Waals surface area contributed by atoms with E-state index in [1.807, 2.05) is 18.2 Å². The zero-order valence-electron chi connectivity index (χ0n) is 14.2. The van der Waals surface area contributed by atoms with Gasteiger partial charge in [-0.1, -0.05) is 64.1 Å². The molecule has 1 amide bonds. The van der Waals surface area contributed by atoms with Crippen molar-refractivity contribution >= 4 is 5.91 Å². The van der Waals surface area contributed by atoms with E-state index >= 15 is 0 Å². The average Bonchev–Trinajstić information content (AvgIpc) is 2.47. The lowest BCUT2D eigenvalue weighted by Crippen LogP contribution is -2.30. The predicted octanol–water partition coefficient (Wildman–Crippen LogP) is 3.67. The third-order valence-corrected chi connectivity index (χ3v) is 3.91. The summed E-state index contributed by atoms with van der Waals surface area (Å²) < 4.78 is 0. The van der Waals surface area contributed by atoms with E-state index < -0.39 is 0 Å². The molecule has 0 bridgehead atoms. The molecule has 22 heavy (non-hydrogen) atoms. The summed E-state index contributed by atoms with van der Waals surface area (Å²) in [5, 5.41) is 6.31. The number of hydrogen-bond acceptors (Lipinski definition) is 2. The summed E-state index contributed by atoms with van der Waals surface area (Å²) in [6.07, 6.45) is 3.36. The van der Waals surface area contributed by atoms with E-state index in [9.17, 15) is 4.79 Å². The number of allylic oxidation sites excluding steroid dienone is 1. The van der Waals surface area contributed by atoms with Crippen LogP contribution in [-0.2, 0) is 11.2 Å². The normalized spacial score (nSPS) is 11.0. The van der Waals surface area contributed by atoms with Gasteiger partial charge in [0.2, 0.25) is 5.91 Å². The minimum atomic E-state index is 0.0896. The van der Waals surface area contributed by atoms with Crippen molar-refractivity contribution in [1.82, 2.24) is 10.6 Å². The summed E-state index contributed by atoms with van der Waals surface area (Å²) in [5.74, 6) is 0.148. The number of benzene rings is 1. The van der Waals surface area contributed by atoms with Gasteiger partial charge in [-0.15, -0.1) is 0 Å². The minimum absolute atomic E-state index is 0.0896. The monoisotopic (exact) mass is 302 g/mol. The molecule has 1 aromatic carbocycles. The highest BCUT2D eigenvalue weighted by molar-refractivity contribution is 5.76. The fourth-order valence-corrected chi connectivity index (χ4v) is 2.11. The molecule has 0 spiro atoms. The second-order valence-electron chi connectivity index (χ2n) is 6.59. The Hall–Kier alpha value is -1.77. The summed E-state index contributed by atoms with van der Waals surface area (Å²) in [6, 6.07) is 10.3. The van der Waals surface area contributed by atoms with Crippen LogP contribution in [0, 0.1) is 5.41 Å². The Kier molecular flexibility index (Phi) is 7.72. The highest BCUT2D eigenvalue weighted by Crippen LogP contribution is 2.23. The van der Waals surface area contributed by atoms with Crippen molar-refractivity contribution in [3.8, 4) is 0 Å². The first kappa shape index (κ1) is 18.3. The van der Waals surface area contributed by atoms with Crippen LogP contribution in [0.4, 0.5) is 0 Å². The van der Waals surface area contributed by atoms with Crippen LogP contribution < -0.4 is 10.6 Å². The van der Waals surface area contributed by atoms with Gasteiger partial charge in [0.1, 0.15) is 0 Å². The Morgan fingerprint density at radius 2 is 1.77 bits per heavy atom. The number of amides is 1. The second kappa shape index (κ2) is 9.29. The van der Waals surface area contributed by atoms with Gasteiger partial charge >= 0.3 is 0 Å². The van der Waals surface area contributed by atoms with Crippen molar-refractivity contribution < 1.29 is 4.79 Å². The Balaban J connectivity index is 2.10. The van der Waals surface area contributed by atoms with Gasteiger partial charge in [-0.05, 0) is 17.4 Å². The lowest BCUT2D eigenvalue weighted by atomic mass is 9.86. The van der Waals surface area contributed by atoms with Crippen molar-refractivity contribution in [2.24, 2.45) is 5.41 Å². The van der Waals surface area contributed by atoms with Crippen molar-refractivity contribution in [3.05, 3.63) is 48.2 Å². The largest absolute Gasteiger partial charge is 0.388 e. The van der Waals surface area contributed by atoms with E-state index in [0.717, 1.165) is 31.5 Å². The maximum atomic E-state index is 11.8. The SMILES string of the molecule is C=C(Cc1ccccc1)NCCCNC(=O)CC(C)(C)CC. The molecule has 0 aliphatic carbocycles. The molecule has 3 nitrogen and oxygen atoms in total. The lowest BCUT2D eigenvalue weighted by Gasteiger charge is -2.21. The molecule has 0 aliphatic rings. The highest BCUT2D eigenvalue weighted by atomic mass is 16.1. The van der Waals surface area contributed by atoms with Crippen LogP contribution in [0.5, 0.6) is 0 Å². The van der Waals surface area contributed by atoms with Gasteiger partial charge in [-0.3, -0.25) is 4.79 Å². The Labute approximate surface area is 135 Å². The van der Waals surface area contributed by atoms with Gasteiger partial charge in [-0.25, -0.2) is 0 Å². The molecule has 122 valence electrons. The Bertz CT molecular complexity index is 466. The number of rotatable bonds is 10. The topological polar surface area (TPSA) is 41.1 Å².